The zero-order valence-corrected chi connectivity index (χ0v) is 12.9. The average molecular weight is 283 g/mol. The van der Waals surface area contributed by atoms with Crippen molar-refractivity contribution in [2.45, 2.75) is 27.2 Å². The Hall–Kier alpha value is -1.48. The molecule has 0 aromatic rings. The van der Waals surface area contributed by atoms with Gasteiger partial charge in [0.25, 0.3) is 0 Å². The molecule has 1 unspecified atom stereocenters. The fourth-order valence-corrected chi connectivity index (χ4v) is 1.03. The molecule has 4 heteroatoms. The van der Waals surface area contributed by atoms with Gasteiger partial charge in [-0.25, -0.2) is 0 Å². The van der Waals surface area contributed by atoms with Crippen molar-refractivity contribution in [3.8, 4) is 0 Å². The molecule has 106 valence electrons. The minimum Gasteiger partial charge on any atom is -0.497 e. The van der Waals surface area contributed by atoms with E-state index in [9.17, 15) is 0 Å². The summed E-state index contributed by atoms with van der Waals surface area (Å²) in [5.41, 5.74) is 6.81. The Bertz CT molecular complexity index is 416. The number of nitrogens with zero attached hydrogens (tertiary/aromatic N) is 1. The van der Waals surface area contributed by atoms with E-state index >= 15 is 0 Å². The van der Waals surface area contributed by atoms with Crippen LogP contribution in [-0.2, 0) is 4.74 Å². The molecule has 2 N–H and O–H groups in total. The molecule has 0 aromatic heterocycles. The van der Waals surface area contributed by atoms with E-state index in [1.807, 2.05) is 6.08 Å². The first-order valence-electron chi connectivity index (χ1n) is 6.19. The van der Waals surface area contributed by atoms with Crippen molar-refractivity contribution in [3.63, 3.8) is 0 Å². The van der Waals surface area contributed by atoms with E-state index in [1.165, 1.54) is 6.21 Å². The van der Waals surface area contributed by atoms with Crippen LogP contribution in [0, 0.1) is 5.92 Å². The second-order valence-corrected chi connectivity index (χ2v) is 4.68. The number of hydrogen-bond acceptors (Lipinski definition) is 3. The van der Waals surface area contributed by atoms with Gasteiger partial charge in [0.1, 0.15) is 5.76 Å². The predicted molar refractivity (Wildman–Crippen MR) is 84.1 cm³/mol. The number of halogens is 1. The van der Waals surface area contributed by atoms with E-state index in [1.54, 1.807) is 20.1 Å². The summed E-state index contributed by atoms with van der Waals surface area (Å²) in [5, 5.41) is 0.422. The Morgan fingerprint density at radius 1 is 1.53 bits per heavy atom. The van der Waals surface area contributed by atoms with E-state index in [4.69, 9.17) is 22.1 Å². The smallest absolute Gasteiger partial charge is 0.113 e. The molecule has 0 rings (SSSR count). The molecule has 1 atom stereocenters. The fraction of sp³-hybridized carbons (Fsp3) is 0.400. The van der Waals surface area contributed by atoms with Crippen LogP contribution in [0.3, 0.4) is 0 Å². The highest BCUT2D eigenvalue weighted by Crippen LogP contribution is 2.11. The first-order chi connectivity index (χ1) is 8.90. The lowest BCUT2D eigenvalue weighted by Gasteiger charge is -2.02. The zero-order chi connectivity index (χ0) is 14.8. The highest BCUT2D eigenvalue weighted by molar-refractivity contribution is 6.39. The number of hydrogen-bond donors (Lipinski definition) is 1. The third-order valence-electron chi connectivity index (χ3n) is 2.51. The minimum absolute atomic E-state index is 0.422. The molecule has 0 heterocycles. The number of nitrogens with two attached hydrogens (primary N) is 1. The molecule has 0 saturated heterocycles. The maximum Gasteiger partial charge on any atom is 0.113 e. The quantitative estimate of drug-likeness (QED) is 0.433. The molecule has 0 aliphatic heterocycles. The standard InChI is InChI=1S/C15H23ClN2O/c1-6-11(2)7-8-14(9-12(3)19-5)18-10-15(16)13(4)17/h7-11H,3,6,17H2,1-2,4-5H3/b8-7-,14-9+,15-13?,18-10?. The Labute approximate surface area is 121 Å². The molecule has 3 nitrogen and oxygen atoms in total. The number of rotatable bonds is 7. The molecule has 0 spiro atoms. The second kappa shape index (κ2) is 9.45. The summed E-state index contributed by atoms with van der Waals surface area (Å²) < 4.78 is 5.02. The molecule has 0 radical (unpaired) electrons. The molecule has 0 fully saturated rings. The molecule has 0 amide bonds. The summed E-state index contributed by atoms with van der Waals surface area (Å²) in [4.78, 5) is 4.28. The van der Waals surface area contributed by atoms with Crippen molar-refractivity contribution in [1.82, 2.24) is 0 Å². The summed E-state index contributed by atoms with van der Waals surface area (Å²) in [6.45, 7) is 9.74. The van der Waals surface area contributed by atoms with Crippen LogP contribution in [0.4, 0.5) is 0 Å². The van der Waals surface area contributed by atoms with E-state index in [0.717, 1.165) is 6.42 Å². The molecular weight excluding hydrogens is 260 g/mol. The largest absolute Gasteiger partial charge is 0.497 e. The van der Waals surface area contributed by atoms with Gasteiger partial charge in [0.15, 0.2) is 0 Å². The van der Waals surface area contributed by atoms with Crippen molar-refractivity contribution in [2.75, 3.05) is 7.11 Å². The van der Waals surface area contributed by atoms with Gasteiger partial charge in [-0.15, -0.1) is 0 Å². The van der Waals surface area contributed by atoms with Crippen LogP contribution >= 0.6 is 11.6 Å². The first-order valence-corrected chi connectivity index (χ1v) is 6.57. The molecule has 0 aliphatic rings. The lowest BCUT2D eigenvalue weighted by atomic mass is 10.1. The summed E-state index contributed by atoms with van der Waals surface area (Å²) in [5.74, 6) is 1.02. The van der Waals surface area contributed by atoms with Gasteiger partial charge in [-0.05, 0) is 18.9 Å². The monoisotopic (exact) mass is 282 g/mol. The van der Waals surface area contributed by atoms with Gasteiger partial charge >= 0.3 is 0 Å². The molecule has 0 saturated carbocycles. The molecule has 0 bridgehead atoms. The molecule has 19 heavy (non-hydrogen) atoms. The number of allylic oxidation sites excluding steroid dienone is 5. The summed E-state index contributed by atoms with van der Waals surface area (Å²) in [7, 11) is 1.56. The highest BCUT2D eigenvalue weighted by atomic mass is 35.5. The van der Waals surface area contributed by atoms with Crippen LogP contribution in [0.5, 0.6) is 0 Å². The van der Waals surface area contributed by atoms with E-state index in [0.29, 0.717) is 28.1 Å². The predicted octanol–water partition coefficient (Wildman–Crippen LogP) is 4.13. The maximum atomic E-state index is 5.92. The number of ether oxygens (including phenoxy) is 1. The third-order valence-corrected chi connectivity index (χ3v) is 2.91. The van der Waals surface area contributed by atoms with Crippen molar-refractivity contribution in [3.05, 3.63) is 47.0 Å². The van der Waals surface area contributed by atoms with E-state index < -0.39 is 0 Å². The Morgan fingerprint density at radius 2 is 2.16 bits per heavy atom. The lowest BCUT2D eigenvalue weighted by Crippen LogP contribution is -1.95. The van der Waals surface area contributed by atoms with Gasteiger partial charge < -0.3 is 10.5 Å². The van der Waals surface area contributed by atoms with Crippen LogP contribution in [0.25, 0.3) is 0 Å². The Kier molecular flexibility index (Phi) is 8.71. The SMILES string of the molecule is C=C(/C=C(\C=C/C(C)CC)N=CC(Cl)=C(C)N)OC. The van der Waals surface area contributed by atoms with Crippen LogP contribution in [0.1, 0.15) is 27.2 Å². The first kappa shape index (κ1) is 17.5. The molecular formula is C15H23ClN2O. The number of methoxy groups -OCH3 is 1. The van der Waals surface area contributed by atoms with Crippen LogP contribution < -0.4 is 5.73 Å². The van der Waals surface area contributed by atoms with Crippen LogP contribution in [-0.4, -0.2) is 13.3 Å². The second-order valence-electron chi connectivity index (χ2n) is 4.27. The Balaban J connectivity index is 5.10. The molecule has 0 aromatic carbocycles. The van der Waals surface area contributed by atoms with Gasteiger partial charge in [-0.3, -0.25) is 4.99 Å². The lowest BCUT2D eigenvalue weighted by molar-refractivity contribution is 0.308. The Morgan fingerprint density at radius 3 is 2.63 bits per heavy atom. The summed E-state index contributed by atoms with van der Waals surface area (Å²) in [6, 6.07) is 0. The van der Waals surface area contributed by atoms with Gasteiger partial charge in [-0.2, -0.15) is 0 Å². The summed E-state index contributed by atoms with van der Waals surface area (Å²) in [6.07, 6.45) is 8.34. The fourth-order valence-electron chi connectivity index (χ4n) is 0.984. The maximum absolute atomic E-state index is 5.92. The van der Waals surface area contributed by atoms with Crippen LogP contribution in [0.15, 0.2) is 52.0 Å². The van der Waals surface area contributed by atoms with Crippen molar-refractivity contribution >= 4 is 17.8 Å². The van der Waals surface area contributed by atoms with E-state index in [2.05, 4.69) is 31.5 Å². The average Bonchev–Trinajstić information content (AvgIpc) is 2.40. The summed E-state index contributed by atoms with van der Waals surface area (Å²) >= 11 is 5.92. The topological polar surface area (TPSA) is 47.6 Å². The van der Waals surface area contributed by atoms with Gasteiger partial charge in [0.05, 0.1) is 17.8 Å². The van der Waals surface area contributed by atoms with Gasteiger partial charge in [0.2, 0.25) is 0 Å². The van der Waals surface area contributed by atoms with E-state index in [-0.39, 0.29) is 0 Å². The molecule has 0 aliphatic carbocycles. The minimum atomic E-state index is 0.422. The van der Waals surface area contributed by atoms with Crippen molar-refractivity contribution in [1.29, 1.82) is 0 Å². The van der Waals surface area contributed by atoms with Crippen LogP contribution in [0.2, 0.25) is 0 Å². The normalized spacial score (nSPS) is 15.7. The van der Waals surface area contributed by atoms with Crippen molar-refractivity contribution < 1.29 is 4.74 Å². The van der Waals surface area contributed by atoms with Crippen molar-refractivity contribution in [2.24, 2.45) is 16.6 Å². The highest BCUT2D eigenvalue weighted by Gasteiger charge is 1.96. The van der Waals surface area contributed by atoms with Gasteiger partial charge in [-0.1, -0.05) is 44.5 Å². The zero-order valence-electron chi connectivity index (χ0n) is 12.1. The van der Waals surface area contributed by atoms with Gasteiger partial charge in [0, 0.05) is 18.0 Å². The third kappa shape index (κ3) is 8.27. The number of aliphatic imine (C=N–C) groups is 1.